The number of anilines is 2. The first-order chi connectivity index (χ1) is 14.2. The van der Waals surface area contributed by atoms with Crippen LogP contribution in [0.2, 0.25) is 0 Å². The summed E-state index contributed by atoms with van der Waals surface area (Å²) >= 11 is 0. The molecule has 1 aliphatic heterocycles. The number of methoxy groups -OCH3 is 1. The lowest BCUT2D eigenvalue weighted by Crippen LogP contribution is -2.59. The second-order valence-electron chi connectivity index (χ2n) is 8.86. The standard InChI is InChI=1S/C24H26N2O4/c1-23(2)19-12-13-24(23,3)22(29)26(21(19)28)17-10-8-15(9-11-17)20(27)25-16-6-5-7-18(14-16)30-4/h5-11,14,19H,12-13H2,1-4H3,(H,25,27)/t19-,24+/m1/s1. The number of benzene rings is 2. The molecule has 2 aromatic carbocycles. The third kappa shape index (κ3) is 2.90. The van der Waals surface area contributed by atoms with Crippen LogP contribution in [0.25, 0.3) is 0 Å². The van der Waals surface area contributed by atoms with E-state index in [0.29, 0.717) is 29.1 Å². The Balaban J connectivity index is 1.56. The van der Waals surface area contributed by atoms with Crippen LogP contribution in [0.4, 0.5) is 11.4 Å². The molecule has 30 heavy (non-hydrogen) atoms. The van der Waals surface area contributed by atoms with Crippen LogP contribution < -0.4 is 15.0 Å². The number of fused-ring (bicyclic) bond motifs is 2. The summed E-state index contributed by atoms with van der Waals surface area (Å²) in [7, 11) is 1.57. The minimum atomic E-state index is -0.562. The number of rotatable bonds is 4. The van der Waals surface area contributed by atoms with Gasteiger partial charge in [-0.1, -0.05) is 26.8 Å². The monoisotopic (exact) mass is 406 g/mol. The van der Waals surface area contributed by atoms with Crippen molar-refractivity contribution < 1.29 is 19.1 Å². The largest absolute Gasteiger partial charge is 0.497 e. The van der Waals surface area contributed by atoms with Gasteiger partial charge in [-0.05, 0) is 54.7 Å². The zero-order chi connectivity index (χ0) is 21.7. The average Bonchev–Trinajstić information content (AvgIpc) is 2.91. The number of piperidine rings is 1. The van der Waals surface area contributed by atoms with Crippen LogP contribution in [0.15, 0.2) is 48.5 Å². The maximum absolute atomic E-state index is 13.3. The van der Waals surface area contributed by atoms with Crippen molar-refractivity contribution in [3.05, 3.63) is 54.1 Å². The van der Waals surface area contributed by atoms with Crippen molar-refractivity contribution in [2.75, 3.05) is 17.3 Å². The van der Waals surface area contributed by atoms with Gasteiger partial charge in [0, 0.05) is 23.2 Å². The molecule has 3 amide bonds. The van der Waals surface area contributed by atoms with Gasteiger partial charge in [0.1, 0.15) is 5.75 Å². The summed E-state index contributed by atoms with van der Waals surface area (Å²) in [5.41, 5.74) is 0.656. The Bertz CT molecular complexity index is 1030. The molecule has 1 heterocycles. The first-order valence-electron chi connectivity index (χ1n) is 10.1. The number of hydrogen-bond acceptors (Lipinski definition) is 4. The van der Waals surface area contributed by atoms with Gasteiger partial charge in [-0.2, -0.15) is 0 Å². The predicted octanol–water partition coefficient (Wildman–Crippen LogP) is 4.26. The van der Waals surface area contributed by atoms with Gasteiger partial charge in [0.2, 0.25) is 11.8 Å². The highest BCUT2D eigenvalue weighted by Gasteiger charge is 2.64. The SMILES string of the molecule is COc1cccc(NC(=O)c2ccc(N3C(=O)[C@H]4CC[C@@](C)(C3=O)C4(C)C)cc2)c1. The van der Waals surface area contributed by atoms with E-state index in [0.717, 1.165) is 6.42 Å². The summed E-state index contributed by atoms with van der Waals surface area (Å²) in [6, 6.07) is 13.7. The summed E-state index contributed by atoms with van der Waals surface area (Å²) in [6.07, 6.45) is 1.44. The lowest BCUT2D eigenvalue weighted by Gasteiger charge is -2.47. The molecule has 1 saturated carbocycles. The van der Waals surface area contributed by atoms with Crippen LogP contribution >= 0.6 is 0 Å². The number of carbonyl (C=O) groups excluding carboxylic acids is 3. The highest BCUT2D eigenvalue weighted by molar-refractivity contribution is 6.20. The highest BCUT2D eigenvalue weighted by atomic mass is 16.5. The predicted molar refractivity (Wildman–Crippen MR) is 114 cm³/mol. The average molecular weight is 406 g/mol. The molecule has 1 aliphatic carbocycles. The molecule has 2 aliphatic rings. The number of nitrogens with zero attached hydrogens (tertiary/aromatic N) is 1. The zero-order valence-corrected chi connectivity index (χ0v) is 17.7. The zero-order valence-electron chi connectivity index (χ0n) is 17.7. The van der Waals surface area contributed by atoms with Gasteiger partial charge in [0.15, 0.2) is 0 Å². The normalized spacial score (nSPS) is 24.7. The number of carbonyl (C=O) groups is 3. The molecule has 2 atom stereocenters. The smallest absolute Gasteiger partial charge is 0.255 e. The van der Waals surface area contributed by atoms with Crippen molar-refractivity contribution in [3.63, 3.8) is 0 Å². The fourth-order valence-corrected chi connectivity index (χ4v) is 4.73. The van der Waals surface area contributed by atoms with Crippen molar-refractivity contribution in [2.24, 2.45) is 16.7 Å². The minimum Gasteiger partial charge on any atom is -0.497 e. The van der Waals surface area contributed by atoms with Gasteiger partial charge in [-0.15, -0.1) is 0 Å². The van der Waals surface area contributed by atoms with Gasteiger partial charge < -0.3 is 10.1 Å². The summed E-state index contributed by atoms with van der Waals surface area (Å²) in [6.45, 7) is 6.00. The topological polar surface area (TPSA) is 75.7 Å². The van der Waals surface area contributed by atoms with Crippen LogP contribution in [0.3, 0.4) is 0 Å². The van der Waals surface area contributed by atoms with E-state index in [4.69, 9.17) is 4.74 Å². The van der Waals surface area contributed by atoms with E-state index in [1.54, 1.807) is 55.6 Å². The first kappa shape index (κ1) is 20.1. The molecule has 4 rings (SSSR count). The third-order valence-corrected chi connectivity index (χ3v) is 7.14. The molecule has 1 saturated heterocycles. The summed E-state index contributed by atoms with van der Waals surface area (Å²) < 4.78 is 5.17. The summed E-state index contributed by atoms with van der Waals surface area (Å²) in [5.74, 6) is -0.0970. The second kappa shape index (κ2) is 6.97. The molecular weight excluding hydrogens is 380 g/mol. The van der Waals surface area contributed by atoms with E-state index in [2.05, 4.69) is 5.32 Å². The third-order valence-electron chi connectivity index (χ3n) is 7.14. The van der Waals surface area contributed by atoms with Crippen molar-refractivity contribution >= 4 is 29.1 Å². The summed E-state index contributed by atoms with van der Waals surface area (Å²) in [5, 5.41) is 2.82. The Hall–Kier alpha value is -3.15. The molecular formula is C24H26N2O4. The molecule has 6 nitrogen and oxygen atoms in total. The number of nitrogens with one attached hydrogen (secondary N) is 1. The Labute approximate surface area is 176 Å². The van der Waals surface area contributed by atoms with Crippen LogP contribution in [0.1, 0.15) is 44.0 Å². The van der Waals surface area contributed by atoms with E-state index < -0.39 is 5.41 Å². The lowest BCUT2D eigenvalue weighted by atomic mass is 9.62. The van der Waals surface area contributed by atoms with Gasteiger partial charge in [0.05, 0.1) is 18.2 Å². The van der Waals surface area contributed by atoms with Crippen molar-refractivity contribution in [1.82, 2.24) is 0 Å². The molecule has 6 heteroatoms. The maximum Gasteiger partial charge on any atom is 0.255 e. The lowest BCUT2D eigenvalue weighted by molar-refractivity contribution is -0.146. The Kier molecular flexibility index (Phi) is 4.68. The van der Waals surface area contributed by atoms with E-state index in [9.17, 15) is 14.4 Å². The van der Waals surface area contributed by atoms with Gasteiger partial charge in [-0.3, -0.25) is 14.4 Å². The maximum atomic E-state index is 13.3. The minimum absolute atomic E-state index is 0.145. The number of amides is 3. The molecule has 1 N–H and O–H groups in total. The number of ether oxygens (including phenoxy) is 1. The van der Waals surface area contributed by atoms with Crippen molar-refractivity contribution in [1.29, 1.82) is 0 Å². The van der Waals surface area contributed by atoms with Crippen LogP contribution in [0, 0.1) is 16.7 Å². The fourth-order valence-electron chi connectivity index (χ4n) is 4.73. The number of imide groups is 1. The van der Waals surface area contributed by atoms with Gasteiger partial charge in [0.25, 0.3) is 5.91 Å². The fraction of sp³-hybridized carbons (Fsp3) is 0.375. The molecule has 0 unspecified atom stereocenters. The second-order valence-corrected chi connectivity index (χ2v) is 8.86. The van der Waals surface area contributed by atoms with E-state index >= 15 is 0 Å². The highest BCUT2D eigenvalue weighted by Crippen LogP contribution is 2.60. The molecule has 2 bridgehead atoms. The molecule has 2 aromatic rings. The van der Waals surface area contributed by atoms with Crippen LogP contribution in [-0.4, -0.2) is 24.8 Å². The Morgan fingerprint density at radius 2 is 1.80 bits per heavy atom. The summed E-state index contributed by atoms with van der Waals surface area (Å²) in [4.78, 5) is 40.2. The van der Waals surface area contributed by atoms with Crippen molar-refractivity contribution in [2.45, 2.75) is 33.6 Å². The molecule has 0 aromatic heterocycles. The van der Waals surface area contributed by atoms with Crippen LogP contribution in [0.5, 0.6) is 5.75 Å². The van der Waals surface area contributed by atoms with E-state index in [1.807, 2.05) is 20.8 Å². The van der Waals surface area contributed by atoms with Crippen LogP contribution in [-0.2, 0) is 9.59 Å². The Morgan fingerprint density at radius 1 is 1.10 bits per heavy atom. The van der Waals surface area contributed by atoms with E-state index in [-0.39, 0.29) is 29.1 Å². The van der Waals surface area contributed by atoms with Gasteiger partial charge >= 0.3 is 0 Å². The number of hydrogen-bond donors (Lipinski definition) is 1. The Morgan fingerprint density at radius 3 is 2.47 bits per heavy atom. The molecule has 156 valence electrons. The van der Waals surface area contributed by atoms with E-state index in [1.165, 1.54) is 4.90 Å². The van der Waals surface area contributed by atoms with Gasteiger partial charge in [-0.25, -0.2) is 4.90 Å². The molecule has 0 spiro atoms. The quantitative estimate of drug-likeness (QED) is 0.770. The van der Waals surface area contributed by atoms with Crippen molar-refractivity contribution in [3.8, 4) is 5.75 Å². The molecule has 2 fully saturated rings. The first-order valence-corrected chi connectivity index (χ1v) is 10.1. The molecule has 0 radical (unpaired) electrons.